The van der Waals surface area contributed by atoms with Crippen molar-refractivity contribution in [1.29, 1.82) is 0 Å². The van der Waals surface area contributed by atoms with Gasteiger partial charge in [0.05, 0.1) is 5.69 Å². The third-order valence-electron chi connectivity index (χ3n) is 2.94. The molecule has 0 fully saturated rings. The Balaban J connectivity index is 2.19. The topological polar surface area (TPSA) is 12.0 Å². The van der Waals surface area contributed by atoms with Crippen LogP contribution in [0.2, 0.25) is 0 Å². The summed E-state index contributed by atoms with van der Waals surface area (Å²) in [6, 6.07) is 11.3. The maximum Gasteiger partial charge on any atom is 0.146 e. The molecular weight excluding hydrogens is 232 g/mol. The molecule has 0 radical (unpaired) electrons. The number of benzene rings is 2. The molecule has 1 unspecified atom stereocenters. The van der Waals surface area contributed by atoms with E-state index in [9.17, 15) is 8.78 Å². The van der Waals surface area contributed by atoms with Crippen molar-refractivity contribution in [2.75, 3.05) is 5.32 Å². The van der Waals surface area contributed by atoms with Gasteiger partial charge in [-0.25, -0.2) is 8.78 Å². The Labute approximate surface area is 105 Å². The van der Waals surface area contributed by atoms with E-state index in [-0.39, 0.29) is 17.7 Å². The zero-order valence-electron chi connectivity index (χ0n) is 10.4. The van der Waals surface area contributed by atoms with Crippen molar-refractivity contribution >= 4 is 5.69 Å². The van der Waals surface area contributed by atoms with E-state index in [1.165, 1.54) is 12.1 Å². The van der Waals surface area contributed by atoms with Gasteiger partial charge in [0.25, 0.3) is 0 Å². The van der Waals surface area contributed by atoms with Gasteiger partial charge in [-0.05, 0) is 43.2 Å². The molecule has 0 amide bonds. The summed E-state index contributed by atoms with van der Waals surface area (Å²) in [5, 5.41) is 3.03. The minimum absolute atomic E-state index is 0.156. The molecule has 0 aliphatic heterocycles. The van der Waals surface area contributed by atoms with Gasteiger partial charge in [-0.2, -0.15) is 0 Å². The summed E-state index contributed by atoms with van der Waals surface area (Å²) in [6.07, 6.45) is 0. The Morgan fingerprint density at radius 3 is 2.39 bits per heavy atom. The standard InChI is InChI=1S/C15H15F2N/c1-10-7-8-12(9-14(10)17)11(2)18-15-6-4-3-5-13(15)16/h3-9,11,18H,1-2H3. The number of hydrogen-bond donors (Lipinski definition) is 1. The summed E-state index contributed by atoms with van der Waals surface area (Å²) >= 11 is 0. The van der Waals surface area contributed by atoms with Crippen molar-refractivity contribution in [3.05, 3.63) is 65.2 Å². The van der Waals surface area contributed by atoms with Crippen LogP contribution in [0.25, 0.3) is 0 Å². The summed E-state index contributed by atoms with van der Waals surface area (Å²) in [6.45, 7) is 3.59. The third-order valence-corrected chi connectivity index (χ3v) is 2.94. The van der Waals surface area contributed by atoms with E-state index in [2.05, 4.69) is 5.32 Å². The number of para-hydroxylation sites is 1. The third kappa shape index (κ3) is 2.67. The first-order chi connectivity index (χ1) is 8.58. The summed E-state index contributed by atoms with van der Waals surface area (Å²) in [5.41, 5.74) is 1.82. The highest BCUT2D eigenvalue weighted by atomic mass is 19.1. The van der Waals surface area contributed by atoms with E-state index in [1.54, 1.807) is 31.2 Å². The second-order valence-electron chi connectivity index (χ2n) is 4.35. The molecule has 1 atom stereocenters. The highest BCUT2D eigenvalue weighted by Gasteiger charge is 2.09. The molecule has 0 aliphatic carbocycles. The summed E-state index contributed by atoms with van der Waals surface area (Å²) in [4.78, 5) is 0. The van der Waals surface area contributed by atoms with E-state index in [0.29, 0.717) is 11.3 Å². The van der Waals surface area contributed by atoms with Crippen molar-refractivity contribution in [3.8, 4) is 0 Å². The Kier molecular flexibility index (Phi) is 3.60. The van der Waals surface area contributed by atoms with Crippen LogP contribution in [-0.2, 0) is 0 Å². The van der Waals surface area contributed by atoms with Gasteiger partial charge in [0.2, 0.25) is 0 Å². The first kappa shape index (κ1) is 12.6. The number of rotatable bonds is 3. The molecule has 3 heteroatoms. The first-order valence-corrected chi connectivity index (χ1v) is 5.85. The second-order valence-corrected chi connectivity index (χ2v) is 4.35. The molecule has 0 aliphatic rings. The van der Waals surface area contributed by atoms with Crippen LogP contribution in [0.4, 0.5) is 14.5 Å². The molecule has 0 saturated heterocycles. The number of hydrogen-bond acceptors (Lipinski definition) is 1. The van der Waals surface area contributed by atoms with Gasteiger partial charge >= 0.3 is 0 Å². The van der Waals surface area contributed by atoms with Crippen molar-refractivity contribution in [2.24, 2.45) is 0 Å². The van der Waals surface area contributed by atoms with Crippen LogP contribution < -0.4 is 5.32 Å². The van der Waals surface area contributed by atoms with Crippen LogP contribution in [0.15, 0.2) is 42.5 Å². The molecule has 94 valence electrons. The summed E-state index contributed by atoms with van der Waals surface area (Å²) in [5.74, 6) is -0.549. The molecule has 1 N–H and O–H groups in total. The maximum atomic E-state index is 13.5. The van der Waals surface area contributed by atoms with E-state index >= 15 is 0 Å². The average molecular weight is 247 g/mol. The SMILES string of the molecule is Cc1ccc(C(C)Nc2ccccc2F)cc1F. The lowest BCUT2D eigenvalue weighted by atomic mass is 10.1. The second kappa shape index (κ2) is 5.17. The molecule has 2 aromatic carbocycles. The van der Waals surface area contributed by atoms with E-state index in [1.807, 2.05) is 13.0 Å². The van der Waals surface area contributed by atoms with E-state index in [4.69, 9.17) is 0 Å². The quantitative estimate of drug-likeness (QED) is 0.845. The molecule has 0 aromatic heterocycles. The average Bonchev–Trinajstić information content (AvgIpc) is 2.35. The lowest BCUT2D eigenvalue weighted by Crippen LogP contribution is -2.08. The number of nitrogens with one attached hydrogen (secondary N) is 1. The van der Waals surface area contributed by atoms with Crippen LogP contribution in [-0.4, -0.2) is 0 Å². The smallest absolute Gasteiger partial charge is 0.146 e. The molecular formula is C15H15F2N. The van der Waals surface area contributed by atoms with Gasteiger partial charge in [0, 0.05) is 6.04 Å². The van der Waals surface area contributed by atoms with Crippen LogP contribution in [0.5, 0.6) is 0 Å². The normalized spacial score (nSPS) is 12.2. The Bertz CT molecular complexity index is 552. The highest BCUT2D eigenvalue weighted by Crippen LogP contribution is 2.22. The van der Waals surface area contributed by atoms with E-state index in [0.717, 1.165) is 5.56 Å². The minimum Gasteiger partial charge on any atom is -0.376 e. The maximum absolute atomic E-state index is 13.5. The van der Waals surface area contributed by atoms with Gasteiger partial charge in [0.1, 0.15) is 11.6 Å². The lowest BCUT2D eigenvalue weighted by molar-refractivity contribution is 0.613. The van der Waals surface area contributed by atoms with Gasteiger partial charge in [-0.15, -0.1) is 0 Å². The van der Waals surface area contributed by atoms with Crippen molar-refractivity contribution < 1.29 is 8.78 Å². The lowest BCUT2D eigenvalue weighted by Gasteiger charge is -2.16. The Morgan fingerprint density at radius 2 is 1.72 bits per heavy atom. The molecule has 0 heterocycles. The van der Waals surface area contributed by atoms with Crippen LogP contribution >= 0.6 is 0 Å². The van der Waals surface area contributed by atoms with Gasteiger partial charge in [-0.1, -0.05) is 24.3 Å². The fourth-order valence-corrected chi connectivity index (χ4v) is 1.77. The van der Waals surface area contributed by atoms with Gasteiger partial charge in [-0.3, -0.25) is 0 Å². The molecule has 1 nitrogen and oxygen atoms in total. The zero-order valence-corrected chi connectivity index (χ0v) is 10.4. The molecule has 0 bridgehead atoms. The molecule has 2 aromatic rings. The monoisotopic (exact) mass is 247 g/mol. The fourth-order valence-electron chi connectivity index (χ4n) is 1.77. The highest BCUT2D eigenvalue weighted by molar-refractivity contribution is 5.46. The Hall–Kier alpha value is -1.90. The molecule has 2 rings (SSSR count). The van der Waals surface area contributed by atoms with Crippen LogP contribution in [0, 0.1) is 18.6 Å². The van der Waals surface area contributed by atoms with Gasteiger partial charge < -0.3 is 5.32 Å². The van der Waals surface area contributed by atoms with Crippen LogP contribution in [0.3, 0.4) is 0 Å². The van der Waals surface area contributed by atoms with Crippen LogP contribution in [0.1, 0.15) is 24.1 Å². The number of anilines is 1. The first-order valence-electron chi connectivity index (χ1n) is 5.85. The number of halogens is 2. The molecule has 0 spiro atoms. The molecule has 18 heavy (non-hydrogen) atoms. The largest absolute Gasteiger partial charge is 0.376 e. The summed E-state index contributed by atoms with van der Waals surface area (Å²) in [7, 11) is 0. The predicted molar refractivity (Wildman–Crippen MR) is 69.6 cm³/mol. The fraction of sp³-hybridized carbons (Fsp3) is 0.200. The molecule has 0 saturated carbocycles. The predicted octanol–water partition coefficient (Wildman–Crippen LogP) is 4.45. The summed E-state index contributed by atoms with van der Waals surface area (Å²) < 4.78 is 26.9. The van der Waals surface area contributed by atoms with Crippen molar-refractivity contribution in [1.82, 2.24) is 0 Å². The zero-order chi connectivity index (χ0) is 13.1. The van der Waals surface area contributed by atoms with Gasteiger partial charge in [0.15, 0.2) is 0 Å². The Morgan fingerprint density at radius 1 is 1.00 bits per heavy atom. The van der Waals surface area contributed by atoms with Crippen molar-refractivity contribution in [3.63, 3.8) is 0 Å². The minimum atomic E-state index is -0.308. The van der Waals surface area contributed by atoms with E-state index < -0.39 is 0 Å². The van der Waals surface area contributed by atoms with Crippen molar-refractivity contribution in [2.45, 2.75) is 19.9 Å². The number of aryl methyl sites for hydroxylation is 1.